The summed E-state index contributed by atoms with van der Waals surface area (Å²) in [4.78, 5) is 21.7. The highest BCUT2D eigenvalue weighted by Crippen LogP contribution is 2.08. The summed E-state index contributed by atoms with van der Waals surface area (Å²) in [6.07, 6.45) is 4.97. The van der Waals surface area contributed by atoms with E-state index in [2.05, 4.69) is 12.2 Å². The van der Waals surface area contributed by atoms with Crippen molar-refractivity contribution < 1.29 is 14.7 Å². The molecule has 0 aliphatic carbocycles. The molecule has 0 aliphatic rings. The molecule has 0 aliphatic heterocycles. The summed E-state index contributed by atoms with van der Waals surface area (Å²) in [5.74, 6) is -0.179. The lowest BCUT2D eigenvalue weighted by Gasteiger charge is -2.09. The third-order valence-electron chi connectivity index (χ3n) is 2.91. The summed E-state index contributed by atoms with van der Waals surface area (Å²) in [7, 11) is 0. The van der Waals surface area contributed by atoms with Crippen LogP contribution in [0.5, 0.6) is 0 Å². The van der Waals surface area contributed by atoms with E-state index in [-0.39, 0.29) is 12.3 Å². The smallest absolute Gasteiger partial charge is 0.303 e. The topological polar surface area (TPSA) is 92.4 Å². The van der Waals surface area contributed by atoms with E-state index in [0.29, 0.717) is 31.8 Å². The van der Waals surface area contributed by atoms with Gasteiger partial charge < -0.3 is 16.2 Å². The Morgan fingerprint density at radius 1 is 1.17 bits per heavy atom. The number of nitrogens with one attached hydrogen (secondary N) is 1. The molecular formula is C13H26N2O3. The van der Waals surface area contributed by atoms with Crippen LogP contribution in [0.1, 0.15) is 51.9 Å². The maximum atomic E-state index is 11.5. The van der Waals surface area contributed by atoms with Gasteiger partial charge in [0.1, 0.15) is 0 Å². The van der Waals surface area contributed by atoms with Gasteiger partial charge in [-0.05, 0) is 38.1 Å². The van der Waals surface area contributed by atoms with Gasteiger partial charge >= 0.3 is 5.97 Å². The second-order valence-corrected chi connectivity index (χ2v) is 4.78. The van der Waals surface area contributed by atoms with Crippen molar-refractivity contribution in [2.45, 2.75) is 51.9 Å². The number of rotatable bonds is 11. The Morgan fingerprint density at radius 2 is 1.89 bits per heavy atom. The van der Waals surface area contributed by atoms with E-state index in [1.54, 1.807) is 0 Å². The lowest BCUT2D eigenvalue weighted by atomic mass is 10.0. The molecule has 1 amide bonds. The number of unbranched alkanes of at least 4 members (excludes halogenated alkanes) is 2. The quantitative estimate of drug-likeness (QED) is 0.490. The molecule has 0 aromatic carbocycles. The number of carboxylic acids is 1. The van der Waals surface area contributed by atoms with Gasteiger partial charge in [0.2, 0.25) is 5.91 Å². The van der Waals surface area contributed by atoms with Crippen LogP contribution in [0, 0.1) is 5.92 Å². The van der Waals surface area contributed by atoms with Crippen molar-refractivity contribution in [2.24, 2.45) is 11.7 Å². The summed E-state index contributed by atoms with van der Waals surface area (Å²) in [6, 6.07) is 0. The molecule has 0 heterocycles. The Labute approximate surface area is 109 Å². The van der Waals surface area contributed by atoms with Crippen LogP contribution in [-0.2, 0) is 9.59 Å². The van der Waals surface area contributed by atoms with E-state index >= 15 is 0 Å². The number of hydrogen-bond acceptors (Lipinski definition) is 3. The summed E-state index contributed by atoms with van der Waals surface area (Å²) >= 11 is 0. The molecule has 5 nitrogen and oxygen atoms in total. The molecule has 1 unspecified atom stereocenters. The van der Waals surface area contributed by atoms with Crippen LogP contribution in [0.25, 0.3) is 0 Å². The normalized spacial score (nSPS) is 12.1. The largest absolute Gasteiger partial charge is 0.481 e. The van der Waals surface area contributed by atoms with Crippen LogP contribution in [-0.4, -0.2) is 30.1 Å². The predicted octanol–water partition coefficient (Wildman–Crippen LogP) is 1.51. The van der Waals surface area contributed by atoms with Crippen molar-refractivity contribution in [1.29, 1.82) is 0 Å². The van der Waals surface area contributed by atoms with Crippen molar-refractivity contribution >= 4 is 11.9 Å². The van der Waals surface area contributed by atoms with Crippen molar-refractivity contribution in [3.8, 4) is 0 Å². The fraction of sp³-hybridized carbons (Fsp3) is 0.846. The number of hydrogen-bond donors (Lipinski definition) is 3. The predicted molar refractivity (Wildman–Crippen MR) is 71.2 cm³/mol. The van der Waals surface area contributed by atoms with Crippen LogP contribution in [0.2, 0.25) is 0 Å². The molecule has 0 radical (unpaired) electrons. The molecule has 0 saturated carbocycles. The summed E-state index contributed by atoms with van der Waals surface area (Å²) in [5, 5.41) is 11.3. The zero-order valence-corrected chi connectivity index (χ0v) is 11.3. The first-order valence-electron chi connectivity index (χ1n) is 6.74. The van der Waals surface area contributed by atoms with E-state index < -0.39 is 5.97 Å². The van der Waals surface area contributed by atoms with Gasteiger partial charge in [-0.1, -0.05) is 13.3 Å². The first-order chi connectivity index (χ1) is 8.56. The van der Waals surface area contributed by atoms with Crippen molar-refractivity contribution in [3.63, 3.8) is 0 Å². The molecule has 0 bridgehead atoms. The second-order valence-electron chi connectivity index (χ2n) is 4.78. The molecule has 0 aromatic rings. The Morgan fingerprint density at radius 3 is 2.50 bits per heavy atom. The van der Waals surface area contributed by atoms with Gasteiger partial charge in [-0.15, -0.1) is 0 Å². The van der Waals surface area contributed by atoms with E-state index in [1.807, 2.05) is 0 Å². The lowest BCUT2D eigenvalue weighted by Crippen LogP contribution is -2.24. The second kappa shape index (κ2) is 11.0. The minimum absolute atomic E-state index is 0.0807. The Balaban J connectivity index is 3.34. The Hall–Kier alpha value is -1.10. The highest BCUT2D eigenvalue weighted by atomic mass is 16.4. The van der Waals surface area contributed by atoms with Crippen LogP contribution < -0.4 is 11.1 Å². The zero-order chi connectivity index (χ0) is 13.8. The third-order valence-corrected chi connectivity index (χ3v) is 2.91. The first-order valence-corrected chi connectivity index (χ1v) is 6.74. The van der Waals surface area contributed by atoms with Crippen molar-refractivity contribution in [2.75, 3.05) is 13.1 Å². The van der Waals surface area contributed by atoms with Crippen LogP contribution >= 0.6 is 0 Å². The van der Waals surface area contributed by atoms with E-state index in [4.69, 9.17) is 10.8 Å². The number of carbonyl (C=O) groups excluding carboxylic acids is 1. The maximum absolute atomic E-state index is 11.5. The minimum atomic E-state index is -0.757. The average molecular weight is 258 g/mol. The molecule has 0 fully saturated rings. The number of carboxylic acid groups (broad SMARTS) is 1. The molecule has 1 atom stereocenters. The monoisotopic (exact) mass is 258 g/mol. The Bertz CT molecular complexity index is 244. The third kappa shape index (κ3) is 11.4. The van der Waals surface area contributed by atoms with E-state index in [1.165, 1.54) is 0 Å². The van der Waals surface area contributed by atoms with Crippen LogP contribution in [0.3, 0.4) is 0 Å². The number of amides is 1. The molecule has 106 valence electrons. The lowest BCUT2D eigenvalue weighted by molar-refractivity contribution is -0.137. The highest BCUT2D eigenvalue weighted by molar-refractivity contribution is 5.75. The average Bonchev–Trinajstić information content (AvgIpc) is 2.31. The van der Waals surface area contributed by atoms with Gasteiger partial charge in [-0.3, -0.25) is 9.59 Å². The molecule has 0 rings (SSSR count). The minimum Gasteiger partial charge on any atom is -0.481 e. The molecule has 18 heavy (non-hydrogen) atoms. The van der Waals surface area contributed by atoms with Crippen molar-refractivity contribution in [3.05, 3.63) is 0 Å². The molecule has 0 aromatic heterocycles. The number of nitrogens with two attached hydrogens (primary N) is 1. The molecule has 0 saturated heterocycles. The molecular weight excluding hydrogens is 232 g/mol. The fourth-order valence-electron chi connectivity index (χ4n) is 1.70. The van der Waals surface area contributed by atoms with Gasteiger partial charge in [-0.2, -0.15) is 0 Å². The standard InChI is InChI=1S/C13H26N2O3/c1-11(8-9-14)6-7-12(16)15-10-4-2-3-5-13(17)18/h11H,2-10,14H2,1H3,(H,15,16)(H,17,18). The SMILES string of the molecule is CC(CCN)CCC(=O)NCCCCCC(=O)O. The zero-order valence-electron chi connectivity index (χ0n) is 11.3. The van der Waals surface area contributed by atoms with Gasteiger partial charge in [-0.25, -0.2) is 0 Å². The van der Waals surface area contributed by atoms with Gasteiger partial charge in [0, 0.05) is 19.4 Å². The Kier molecular flexibility index (Phi) is 10.3. The summed E-state index contributed by atoms with van der Waals surface area (Å²) in [6.45, 7) is 3.42. The summed E-state index contributed by atoms with van der Waals surface area (Å²) in [5.41, 5.74) is 5.44. The van der Waals surface area contributed by atoms with Crippen molar-refractivity contribution in [1.82, 2.24) is 5.32 Å². The van der Waals surface area contributed by atoms with Gasteiger partial charge in [0.25, 0.3) is 0 Å². The number of carbonyl (C=O) groups is 2. The molecule has 4 N–H and O–H groups in total. The molecule has 0 spiro atoms. The van der Waals surface area contributed by atoms with Crippen LogP contribution in [0.15, 0.2) is 0 Å². The van der Waals surface area contributed by atoms with Crippen LogP contribution in [0.4, 0.5) is 0 Å². The van der Waals surface area contributed by atoms with E-state index in [0.717, 1.165) is 25.7 Å². The number of aliphatic carboxylic acids is 1. The maximum Gasteiger partial charge on any atom is 0.303 e. The fourth-order valence-corrected chi connectivity index (χ4v) is 1.70. The summed E-state index contributed by atoms with van der Waals surface area (Å²) < 4.78 is 0. The first kappa shape index (κ1) is 16.9. The van der Waals surface area contributed by atoms with E-state index in [9.17, 15) is 9.59 Å². The molecule has 5 heteroatoms. The van der Waals surface area contributed by atoms with Gasteiger partial charge in [0.05, 0.1) is 0 Å². The highest BCUT2D eigenvalue weighted by Gasteiger charge is 2.05. The van der Waals surface area contributed by atoms with Gasteiger partial charge in [0.15, 0.2) is 0 Å².